The Morgan fingerprint density at radius 1 is 1.54 bits per heavy atom. The molecule has 0 unspecified atom stereocenters. The van der Waals surface area contributed by atoms with Gasteiger partial charge in [0.05, 0.1) is 5.52 Å². The van der Waals surface area contributed by atoms with Gasteiger partial charge in [0.2, 0.25) is 0 Å². The molecular formula is C8H8BrN3O. The fourth-order valence-corrected chi connectivity index (χ4v) is 1.88. The highest BCUT2D eigenvalue weighted by atomic mass is 79.9. The van der Waals surface area contributed by atoms with Crippen LogP contribution in [0.15, 0.2) is 22.8 Å². The summed E-state index contributed by atoms with van der Waals surface area (Å²) < 4.78 is 0.841. The van der Waals surface area contributed by atoms with E-state index < -0.39 is 0 Å². The number of benzene rings is 1. The van der Waals surface area contributed by atoms with Crippen molar-refractivity contribution >= 4 is 26.8 Å². The molecule has 0 spiro atoms. The quantitative estimate of drug-likeness (QED) is 0.703. The average molecular weight is 242 g/mol. The fourth-order valence-electron chi connectivity index (χ4n) is 1.33. The van der Waals surface area contributed by atoms with Gasteiger partial charge in [0.25, 0.3) is 0 Å². The first kappa shape index (κ1) is 8.68. The van der Waals surface area contributed by atoms with Gasteiger partial charge >= 0.3 is 0 Å². The number of halogens is 1. The molecule has 0 radical (unpaired) electrons. The van der Waals surface area contributed by atoms with Gasteiger partial charge < -0.3 is 5.21 Å². The molecule has 0 atom stereocenters. The van der Waals surface area contributed by atoms with Crippen molar-refractivity contribution in [3.05, 3.63) is 28.4 Å². The average Bonchev–Trinajstić information content (AvgIpc) is 2.50. The predicted octanol–water partition coefficient (Wildman–Crippen LogP) is 1.80. The Morgan fingerprint density at radius 3 is 3.15 bits per heavy atom. The van der Waals surface area contributed by atoms with Crippen molar-refractivity contribution < 1.29 is 5.21 Å². The molecule has 4 nitrogen and oxygen atoms in total. The van der Waals surface area contributed by atoms with Crippen LogP contribution in [-0.2, 0) is 6.54 Å². The Balaban J connectivity index is 2.65. The van der Waals surface area contributed by atoms with Gasteiger partial charge in [0.1, 0.15) is 4.60 Å². The number of nitrogens with one attached hydrogen (secondary N) is 2. The molecule has 0 aliphatic rings. The number of fused-ring (bicyclic) bond motifs is 1. The number of nitrogens with zero attached hydrogens (tertiary/aromatic N) is 1. The number of hydroxylamine groups is 1. The van der Waals surface area contributed by atoms with E-state index in [9.17, 15) is 0 Å². The Kier molecular flexibility index (Phi) is 2.30. The molecule has 5 heteroatoms. The molecule has 0 aliphatic heterocycles. The third-order valence-electron chi connectivity index (χ3n) is 1.89. The monoisotopic (exact) mass is 241 g/mol. The van der Waals surface area contributed by atoms with E-state index in [0.29, 0.717) is 6.54 Å². The summed E-state index contributed by atoms with van der Waals surface area (Å²) in [6.45, 7) is 0.412. The molecule has 13 heavy (non-hydrogen) atoms. The van der Waals surface area contributed by atoms with Crippen molar-refractivity contribution in [2.75, 3.05) is 0 Å². The minimum Gasteiger partial charge on any atom is -0.316 e. The minimum atomic E-state index is 0.412. The molecule has 2 rings (SSSR count). The molecular weight excluding hydrogens is 234 g/mol. The van der Waals surface area contributed by atoms with Crippen molar-refractivity contribution in [3.8, 4) is 0 Å². The van der Waals surface area contributed by atoms with E-state index in [-0.39, 0.29) is 0 Å². The lowest BCUT2D eigenvalue weighted by Crippen LogP contribution is -2.06. The van der Waals surface area contributed by atoms with Crippen molar-refractivity contribution in [1.82, 2.24) is 15.7 Å². The zero-order valence-electron chi connectivity index (χ0n) is 6.71. The standard InChI is InChI=1S/C8H8BrN3O/c9-8-7-5(4-10-13)2-1-3-6(7)11-12-8/h1-3,10,13H,4H2,(H,11,12). The minimum absolute atomic E-state index is 0.412. The third kappa shape index (κ3) is 1.46. The normalized spacial score (nSPS) is 10.9. The zero-order chi connectivity index (χ0) is 9.26. The Hall–Kier alpha value is -0.910. The molecule has 0 bridgehead atoms. The summed E-state index contributed by atoms with van der Waals surface area (Å²) in [6.07, 6.45) is 0. The van der Waals surface area contributed by atoms with Crippen LogP contribution in [0.4, 0.5) is 0 Å². The lowest BCUT2D eigenvalue weighted by atomic mass is 10.1. The molecule has 68 valence electrons. The summed E-state index contributed by atoms with van der Waals surface area (Å²) in [5, 5.41) is 16.5. The molecule has 0 aliphatic carbocycles. The Labute approximate surface area is 83.0 Å². The van der Waals surface area contributed by atoms with Gasteiger partial charge in [0.15, 0.2) is 0 Å². The van der Waals surface area contributed by atoms with Crippen LogP contribution < -0.4 is 5.48 Å². The lowest BCUT2D eigenvalue weighted by Gasteiger charge is -2.00. The fraction of sp³-hybridized carbons (Fsp3) is 0.125. The van der Waals surface area contributed by atoms with Crippen LogP contribution in [-0.4, -0.2) is 15.4 Å². The van der Waals surface area contributed by atoms with Gasteiger partial charge in [-0.1, -0.05) is 12.1 Å². The number of rotatable bonds is 2. The van der Waals surface area contributed by atoms with Crippen LogP contribution in [0.5, 0.6) is 0 Å². The van der Waals surface area contributed by atoms with Crippen LogP contribution in [0, 0.1) is 0 Å². The number of hydrogen-bond acceptors (Lipinski definition) is 3. The van der Waals surface area contributed by atoms with E-state index >= 15 is 0 Å². The molecule has 0 fully saturated rings. The van der Waals surface area contributed by atoms with Gasteiger partial charge in [-0.3, -0.25) is 5.10 Å². The largest absolute Gasteiger partial charge is 0.316 e. The molecule has 0 saturated heterocycles. The maximum Gasteiger partial charge on any atom is 0.109 e. The number of aromatic nitrogens is 2. The second-order valence-electron chi connectivity index (χ2n) is 2.68. The van der Waals surface area contributed by atoms with Gasteiger partial charge in [-0.2, -0.15) is 5.10 Å². The molecule has 0 saturated carbocycles. The van der Waals surface area contributed by atoms with Crippen molar-refractivity contribution in [3.63, 3.8) is 0 Å². The SMILES string of the molecule is ONCc1cccc2n[nH]c(Br)c12. The highest BCUT2D eigenvalue weighted by Crippen LogP contribution is 2.24. The van der Waals surface area contributed by atoms with E-state index in [1.807, 2.05) is 18.2 Å². The van der Waals surface area contributed by atoms with Crippen molar-refractivity contribution in [2.24, 2.45) is 0 Å². The van der Waals surface area contributed by atoms with E-state index in [1.54, 1.807) is 0 Å². The van der Waals surface area contributed by atoms with Crippen LogP contribution >= 0.6 is 15.9 Å². The summed E-state index contributed by atoms with van der Waals surface area (Å²) in [7, 11) is 0. The third-order valence-corrected chi connectivity index (χ3v) is 2.47. The first-order valence-corrected chi connectivity index (χ1v) is 4.60. The predicted molar refractivity (Wildman–Crippen MR) is 52.4 cm³/mol. The topological polar surface area (TPSA) is 60.9 Å². The molecule has 2 aromatic rings. The maximum absolute atomic E-state index is 8.61. The molecule has 3 N–H and O–H groups in total. The number of H-pyrrole nitrogens is 1. The molecule has 1 aromatic carbocycles. The van der Waals surface area contributed by atoms with Crippen molar-refractivity contribution in [2.45, 2.75) is 6.54 Å². The first-order valence-electron chi connectivity index (χ1n) is 3.81. The highest BCUT2D eigenvalue weighted by molar-refractivity contribution is 9.10. The maximum atomic E-state index is 8.61. The van der Waals surface area contributed by atoms with Crippen LogP contribution in [0.25, 0.3) is 10.9 Å². The summed E-state index contributed by atoms with van der Waals surface area (Å²) in [4.78, 5) is 0. The van der Waals surface area contributed by atoms with Gasteiger partial charge in [-0.15, -0.1) is 0 Å². The van der Waals surface area contributed by atoms with Crippen LogP contribution in [0.1, 0.15) is 5.56 Å². The van der Waals surface area contributed by atoms with Crippen LogP contribution in [0.2, 0.25) is 0 Å². The molecule has 0 amide bonds. The second-order valence-corrected chi connectivity index (χ2v) is 3.48. The summed E-state index contributed by atoms with van der Waals surface area (Å²) >= 11 is 3.36. The first-order chi connectivity index (χ1) is 6.33. The number of aromatic amines is 1. The number of hydrogen-bond donors (Lipinski definition) is 3. The lowest BCUT2D eigenvalue weighted by molar-refractivity contribution is 0.161. The van der Waals surface area contributed by atoms with Crippen LogP contribution in [0.3, 0.4) is 0 Å². The Morgan fingerprint density at radius 2 is 2.38 bits per heavy atom. The molecule has 1 heterocycles. The molecule has 1 aromatic heterocycles. The summed E-state index contributed by atoms with van der Waals surface area (Å²) in [6, 6.07) is 5.76. The van der Waals surface area contributed by atoms with Crippen molar-refractivity contribution in [1.29, 1.82) is 0 Å². The van der Waals surface area contributed by atoms with Gasteiger partial charge in [-0.25, -0.2) is 5.48 Å². The smallest absolute Gasteiger partial charge is 0.109 e. The summed E-state index contributed by atoms with van der Waals surface area (Å²) in [5.74, 6) is 0. The van der Waals surface area contributed by atoms with E-state index in [4.69, 9.17) is 5.21 Å². The van der Waals surface area contributed by atoms with Gasteiger partial charge in [0, 0.05) is 11.9 Å². The highest BCUT2D eigenvalue weighted by Gasteiger charge is 2.06. The zero-order valence-corrected chi connectivity index (χ0v) is 8.30. The Bertz CT molecular complexity index is 426. The summed E-state index contributed by atoms with van der Waals surface area (Å²) in [5.41, 5.74) is 4.02. The van der Waals surface area contributed by atoms with Gasteiger partial charge in [-0.05, 0) is 27.6 Å². The van der Waals surface area contributed by atoms with E-state index in [1.165, 1.54) is 0 Å². The second kappa shape index (κ2) is 3.45. The van der Waals surface area contributed by atoms with E-state index in [2.05, 4.69) is 31.6 Å². The van der Waals surface area contributed by atoms with E-state index in [0.717, 1.165) is 21.1 Å².